The Kier molecular flexibility index (Phi) is 4.89. The molecule has 6 nitrogen and oxygen atoms in total. The molecule has 28 heavy (non-hydrogen) atoms. The molecule has 0 radical (unpaired) electrons. The topological polar surface area (TPSA) is 60.9 Å². The Hall–Kier alpha value is -2.37. The molecule has 1 saturated carbocycles. The number of carbonyl (C=O) groups is 3. The minimum atomic E-state index is -0.774. The third-order valence-electron chi connectivity index (χ3n) is 6.72. The summed E-state index contributed by atoms with van der Waals surface area (Å²) in [5.74, 6) is -0.153. The molecule has 1 aliphatic carbocycles. The van der Waals surface area contributed by atoms with Crippen molar-refractivity contribution in [2.75, 3.05) is 18.0 Å². The largest absolute Gasteiger partial charge is 0.338 e. The van der Waals surface area contributed by atoms with Gasteiger partial charge in [0.05, 0.1) is 11.3 Å². The van der Waals surface area contributed by atoms with Crippen LogP contribution in [0.15, 0.2) is 24.3 Å². The second-order valence-electron chi connectivity index (χ2n) is 8.33. The van der Waals surface area contributed by atoms with Crippen molar-refractivity contribution in [1.82, 2.24) is 9.80 Å². The third-order valence-corrected chi connectivity index (χ3v) is 6.72. The van der Waals surface area contributed by atoms with Crippen LogP contribution in [0.5, 0.6) is 0 Å². The number of likely N-dealkylation sites (N-methyl/N-ethyl adjacent to an activating group) is 1. The van der Waals surface area contributed by atoms with Gasteiger partial charge in [0.15, 0.2) is 0 Å². The molecular formula is C22H29N3O3. The van der Waals surface area contributed by atoms with Crippen LogP contribution in [0.1, 0.15) is 69.2 Å². The molecule has 4 rings (SSSR count). The van der Waals surface area contributed by atoms with E-state index in [0.717, 1.165) is 25.7 Å². The van der Waals surface area contributed by atoms with Crippen molar-refractivity contribution in [3.8, 4) is 0 Å². The smallest absolute Gasteiger partial charge is 0.258 e. The number of para-hydroxylation sites is 1. The molecule has 1 atom stereocenters. The SMILES string of the molecule is CCN(C(=O)CN1C(=O)c2ccccc2N2C(=O)CC[C@@]12C)C1CCCCC1. The Morgan fingerprint density at radius 2 is 1.89 bits per heavy atom. The molecule has 0 bridgehead atoms. The lowest BCUT2D eigenvalue weighted by Crippen LogP contribution is -2.64. The lowest BCUT2D eigenvalue weighted by Gasteiger charge is -2.49. The van der Waals surface area contributed by atoms with Crippen molar-refractivity contribution in [2.24, 2.45) is 0 Å². The second-order valence-corrected chi connectivity index (χ2v) is 8.33. The molecule has 1 saturated heterocycles. The summed E-state index contributed by atoms with van der Waals surface area (Å²) in [5.41, 5.74) is 0.397. The molecule has 0 aromatic heterocycles. The second kappa shape index (κ2) is 7.22. The number of fused-ring (bicyclic) bond motifs is 3. The van der Waals surface area contributed by atoms with E-state index in [0.29, 0.717) is 30.6 Å². The quantitative estimate of drug-likeness (QED) is 0.802. The first kappa shape index (κ1) is 19.0. The zero-order valence-electron chi connectivity index (χ0n) is 16.8. The highest BCUT2D eigenvalue weighted by molar-refractivity contribution is 6.11. The molecule has 150 valence electrons. The molecule has 2 heterocycles. The highest BCUT2D eigenvalue weighted by atomic mass is 16.2. The van der Waals surface area contributed by atoms with Crippen LogP contribution in [-0.4, -0.2) is 52.3 Å². The summed E-state index contributed by atoms with van der Waals surface area (Å²) >= 11 is 0. The maximum atomic E-state index is 13.3. The van der Waals surface area contributed by atoms with Gasteiger partial charge in [0, 0.05) is 19.0 Å². The first-order valence-electron chi connectivity index (χ1n) is 10.5. The summed E-state index contributed by atoms with van der Waals surface area (Å²) in [5, 5.41) is 0. The summed E-state index contributed by atoms with van der Waals surface area (Å²) < 4.78 is 0. The summed E-state index contributed by atoms with van der Waals surface area (Å²) in [7, 11) is 0. The van der Waals surface area contributed by atoms with Gasteiger partial charge in [0.1, 0.15) is 12.2 Å². The zero-order chi connectivity index (χ0) is 19.9. The van der Waals surface area contributed by atoms with Gasteiger partial charge < -0.3 is 9.80 Å². The predicted octanol–water partition coefficient (Wildman–Crippen LogP) is 3.17. The van der Waals surface area contributed by atoms with Crippen LogP contribution in [0.4, 0.5) is 5.69 Å². The normalized spacial score (nSPS) is 24.9. The predicted molar refractivity (Wildman–Crippen MR) is 107 cm³/mol. The van der Waals surface area contributed by atoms with Crippen molar-refractivity contribution in [3.05, 3.63) is 29.8 Å². The van der Waals surface area contributed by atoms with E-state index in [-0.39, 0.29) is 30.3 Å². The molecular weight excluding hydrogens is 354 g/mol. The molecule has 3 amide bonds. The molecule has 0 spiro atoms. The van der Waals surface area contributed by atoms with Gasteiger partial charge in [-0.15, -0.1) is 0 Å². The maximum Gasteiger partial charge on any atom is 0.258 e. The van der Waals surface area contributed by atoms with Gasteiger partial charge in [-0.05, 0) is 45.2 Å². The Morgan fingerprint density at radius 3 is 2.61 bits per heavy atom. The monoisotopic (exact) mass is 383 g/mol. The minimum Gasteiger partial charge on any atom is -0.338 e. The van der Waals surface area contributed by atoms with Crippen LogP contribution in [0.25, 0.3) is 0 Å². The van der Waals surface area contributed by atoms with Gasteiger partial charge >= 0.3 is 0 Å². The Bertz CT molecular complexity index is 802. The zero-order valence-corrected chi connectivity index (χ0v) is 16.8. The van der Waals surface area contributed by atoms with Crippen molar-refractivity contribution in [3.63, 3.8) is 0 Å². The average Bonchev–Trinajstić information content (AvgIpc) is 3.02. The number of hydrogen-bond donors (Lipinski definition) is 0. The van der Waals surface area contributed by atoms with E-state index in [1.165, 1.54) is 6.42 Å². The molecule has 2 fully saturated rings. The molecule has 1 aromatic rings. The van der Waals surface area contributed by atoms with E-state index in [9.17, 15) is 14.4 Å². The molecule has 6 heteroatoms. The van der Waals surface area contributed by atoms with Gasteiger partial charge in [-0.3, -0.25) is 19.3 Å². The van der Waals surface area contributed by atoms with Crippen LogP contribution in [0.2, 0.25) is 0 Å². The van der Waals surface area contributed by atoms with Crippen LogP contribution < -0.4 is 4.90 Å². The van der Waals surface area contributed by atoms with Crippen molar-refractivity contribution in [1.29, 1.82) is 0 Å². The number of carbonyl (C=O) groups excluding carboxylic acids is 3. The van der Waals surface area contributed by atoms with Crippen LogP contribution in [0.3, 0.4) is 0 Å². The summed E-state index contributed by atoms with van der Waals surface area (Å²) in [6, 6.07) is 7.50. The minimum absolute atomic E-state index is 0.0114. The number of benzene rings is 1. The van der Waals surface area contributed by atoms with Crippen LogP contribution in [-0.2, 0) is 9.59 Å². The van der Waals surface area contributed by atoms with Gasteiger partial charge in [-0.2, -0.15) is 0 Å². The molecule has 0 N–H and O–H groups in total. The number of hydrogen-bond acceptors (Lipinski definition) is 3. The third kappa shape index (κ3) is 2.90. The van der Waals surface area contributed by atoms with Gasteiger partial charge in [0.25, 0.3) is 5.91 Å². The number of nitrogens with zero attached hydrogens (tertiary/aromatic N) is 3. The van der Waals surface area contributed by atoms with Gasteiger partial charge in [-0.25, -0.2) is 0 Å². The summed E-state index contributed by atoms with van der Waals surface area (Å²) in [4.78, 5) is 44.5. The molecule has 3 aliphatic rings. The fraction of sp³-hybridized carbons (Fsp3) is 0.591. The van der Waals surface area contributed by atoms with E-state index in [2.05, 4.69) is 0 Å². The molecule has 0 unspecified atom stereocenters. The van der Waals surface area contributed by atoms with Crippen molar-refractivity contribution in [2.45, 2.75) is 70.5 Å². The van der Waals surface area contributed by atoms with E-state index < -0.39 is 5.66 Å². The van der Waals surface area contributed by atoms with Crippen molar-refractivity contribution >= 4 is 23.4 Å². The molecule has 1 aromatic carbocycles. The van der Waals surface area contributed by atoms with Crippen LogP contribution >= 0.6 is 0 Å². The number of anilines is 1. The van der Waals surface area contributed by atoms with Gasteiger partial charge in [-0.1, -0.05) is 31.4 Å². The number of amides is 3. The van der Waals surface area contributed by atoms with E-state index in [1.54, 1.807) is 21.9 Å². The molecule has 2 aliphatic heterocycles. The maximum absolute atomic E-state index is 13.3. The van der Waals surface area contributed by atoms with E-state index in [1.807, 2.05) is 30.9 Å². The van der Waals surface area contributed by atoms with Gasteiger partial charge in [0.2, 0.25) is 11.8 Å². The van der Waals surface area contributed by atoms with Crippen LogP contribution in [0, 0.1) is 0 Å². The fourth-order valence-corrected chi connectivity index (χ4v) is 5.20. The highest BCUT2D eigenvalue weighted by Gasteiger charge is 2.53. The van der Waals surface area contributed by atoms with E-state index >= 15 is 0 Å². The first-order chi connectivity index (χ1) is 13.5. The first-order valence-corrected chi connectivity index (χ1v) is 10.5. The fourth-order valence-electron chi connectivity index (χ4n) is 5.20. The summed E-state index contributed by atoms with van der Waals surface area (Å²) in [6.07, 6.45) is 6.57. The Labute approximate surface area is 166 Å². The standard InChI is InChI=1S/C22H29N3O3/c1-3-23(16-9-5-4-6-10-16)20(27)15-24-21(28)17-11-7-8-12-18(17)25-19(26)13-14-22(24,25)2/h7-8,11-12,16H,3-6,9-10,13-15H2,1-2H3/t22-/m0/s1. The highest BCUT2D eigenvalue weighted by Crippen LogP contribution is 2.44. The number of rotatable bonds is 4. The average molecular weight is 383 g/mol. The van der Waals surface area contributed by atoms with E-state index in [4.69, 9.17) is 0 Å². The Balaban J connectivity index is 1.64. The van der Waals surface area contributed by atoms with Crippen molar-refractivity contribution < 1.29 is 14.4 Å². The lowest BCUT2D eigenvalue weighted by molar-refractivity contribution is -0.136. The Morgan fingerprint density at radius 1 is 1.18 bits per heavy atom. The lowest BCUT2D eigenvalue weighted by atomic mass is 9.94. The summed E-state index contributed by atoms with van der Waals surface area (Å²) in [6.45, 7) is 4.60.